The van der Waals surface area contributed by atoms with Crippen molar-refractivity contribution in [1.82, 2.24) is 34.6 Å². The Bertz CT molecular complexity index is 1250. The molecule has 0 aliphatic carbocycles. The lowest BCUT2D eigenvalue weighted by Gasteiger charge is -2.39. The van der Waals surface area contributed by atoms with Crippen LogP contribution in [0.3, 0.4) is 0 Å². The molecule has 0 atom stereocenters. The van der Waals surface area contributed by atoms with E-state index in [-0.39, 0.29) is 17.9 Å². The number of pyridine rings is 1. The maximum Gasteiger partial charge on any atom is 0.320 e. The molecule has 0 bridgehead atoms. The molecule has 3 fully saturated rings. The highest BCUT2D eigenvalue weighted by Crippen LogP contribution is 2.31. The minimum Gasteiger partial charge on any atom is -0.353 e. The topological polar surface area (TPSA) is 102 Å². The van der Waals surface area contributed by atoms with Crippen LogP contribution in [0.1, 0.15) is 34.3 Å². The summed E-state index contributed by atoms with van der Waals surface area (Å²) in [4.78, 5) is 54.2. The Morgan fingerprint density at radius 1 is 0.718 bits per heavy atom. The number of hydrogen-bond donors (Lipinski definition) is 0. The van der Waals surface area contributed by atoms with Crippen LogP contribution in [0.4, 0.5) is 16.6 Å². The van der Waals surface area contributed by atoms with Crippen molar-refractivity contribution in [2.75, 3.05) is 75.2 Å². The number of aromatic nitrogens is 4. The summed E-state index contributed by atoms with van der Waals surface area (Å²) in [6.45, 7) is 7.11. The summed E-state index contributed by atoms with van der Waals surface area (Å²) in [6, 6.07) is 7.86. The second kappa shape index (κ2) is 11.5. The van der Waals surface area contributed by atoms with Gasteiger partial charge in [0, 0.05) is 95.3 Å². The first-order valence-electron chi connectivity index (χ1n) is 13.6. The van der Waals surface area contributed by atoms with Crippen molar-refractivity contribution >= 4 is 35.0 Å². The number of rotatable bonds is 4. The molecule has 3 aromatic rings. The van der Waals surface area contributed by atoms with Gasteiger partial charge in [-0.05, 0) is 31.0 Å². The van der Waals surface area contributed by atoms with Crippen LogP contribution in [0.25, 0.3) is 0 Å². The van der Waals surface area contributed by atoms with E-state index >= 15 is 0 Å². The molecule has 3 aliphatic rings. The maximum atomic E-state index is 13.2. The molecule has 0 saturated carbocycles. The van der Waals surface area contributed by atoms with Gasteiger partial charge in [0.25, 0.3) is 5.91 Å². The van der Waals surface area contributed by atoms with Gasteiger partial charge in [0.1, 0.15) is 11.5 Å². The SMILES string of the molecule is O=C(c1csc(C2CCN(C(=O)N3CCN(c4ccccn4)CC3)CC2)n1)N1CCN(c2ncccn2)CC1. The molecular formula is C27H33N9O2S. The molecule has 3 saturated heterocycles. The molecule has 0 spiro atoms. The largest absolute Gasteiger partial charge is 0.353 e. The molecule has 11 nitrogen and oxygen atoms in total. The average Bonchev–Trinajstić information content (AvgIpc) is 3.52. The first-order chi connectivity index (χ1) is 19.2. The standard InChI is InChI=1S/C27H33N9O2S/c37-25(33-14-16-34(17-15-33)26-29-8-3-9-30-26)22-20-39-24(31-22)21-5-10-35(11-6-21)27(38)36-18-12-32(13-19-36)23-4-1-2-7-28-23/h1-4,7-9,20-21H,5-6,10-19H2. The smallest absolute Gasteiger partial charge is 0.320 e. The third-order valence-electron chi connectivity index (χ3n) is 7.78. The Labute approximate surface area is 232 Å². The van der Waals surface area contributed by atoms with Crippen molar-refractivity contribution in [3.63, 3.8) is 0 Å². The van der Waals surface area contributed by atoms with E-state index in [0.717, 1.165) is 49.8 Å². The zero-order valence-electron chi connectivity index (χ0n) is 21.9. The second-order valence-corrected chi connectivity index (χ2v) is 11.0. The van der Waals surface area contributed by atoms with Gasteiger partial charge in [-0.25, -0.2) is 24.7 Å². The molecule has 3 aliphatic heterocycles. The number of piperidine rings is 1. The zero-order valence-corrected chi connectivity index (χ0v) is 22.7. The lowest BCUT2D eigenvalue weighted by Crippen LogP contribution is -2.54. The highest BCUT2D eigenvalue weighted by atomic mass is 32.1. The normalized spacial score (nSPS) is 18.9. The number of thiazole rings is 1. The van der Waals surface area contributed by atoms with Gasteiger partial charge in [0.15, 0.2) is 0 Å². The molecule has 0 radical (unpaired) electrons. The molecule has 39 heavy (non-hydrogen) atoms. The van der Waals surface area contributed by atoms with Crippen LogP contribution >= 0.6 is 11.3 Å². The van der Waals surface area contributed by atoms with E-state index in [1.54, 1.807) is 36.0 Å². The predicted octanol–water partition coefficient (Wildman–Crippen LogP) is 2.41. The Balaban J connectivity index is 0.969. The zero-order chi connectivity index (χ0) is 26.6. The predicted molar refractivity (Wildman–Crippen MR) is 149 cm³/mol. The monoisotopic (exact) mass is 547 g/mol. The number of nitrogens with zero attached hydrogens (tertiary/aromatic N) is 9. The molecule has 0 unspecified atom stereocenters. The maximum absolute atomic E-state index is 13.2. The lowest BCUT2D eigenvalue weighted by molar-refractivity contribution is 0.0741. The molecule has 6 rings (SSSR count). The number of carbonyl (C=O) groups is 2. The molecule has 12 heteroatoms. The fourth-order valence-electron chi connectivity index (χ4n) is 5.48. The van der Waals surface area contributed by atoms with Gasteiger partial charge >= 0.3 is 6.03 Å². The Morgan fingerprint density at radius 2 is 1.36 bits per heavy atom. The summed E-state index contributed by atoms with van der Waals surface area (Å²) in [7, 11) is 0. The van der Waals surface area contributed by atoms with Crippen LogP contribution in [0.15, 0.2) is 48.2 Å². The van der Waals surface area contributed by atoms with Crippen LogP contribution in [-0.2, 0) is 0 Å². The number of amides is 3. The van der Waals surface area contributed by atoms with E-state index in [2.05, 4.69) is 24.8 Å². The fraction of sp³-hybridized carbons (Fsp3) is 0.481. The van der Waals surface area contributed by atoms with Crippen molar-refractivity contribution in [2.24, 2.45) is 0 Å². The number of urea groups is 1. The minimum atomic E-state index is -0.0106. The summed E-state index contributed by atoms with van der Waals surface area (Å²) >= 11 is 1.57. The second-order valence-electron chi connectivity index (χ2n) is 10.1. The van der Waals surface area contributed by atoms with Crippen molar-refractivity contribution < 1.29 is 9.59 Å². The van der Waals surface area contributed by atoms with Crippen molar-refractivity contribution in [2.45, 2.75) is 18.8 Å². The number of likely N-dealkylation sites (tertiary alicyclic amines) is 1. The summed E-state index contributed by atoms with van der Waals surface area (Å²) in [5, 5.41) is 2.90. The average molecular weight is 548 g/mol. The minimum absolute atomic E-state index is 0.0106. The molecule has 0 aromatic carbocycles. The first kappa shape index (κ1) is 25.5. The first-order valence-corrected chi connectivity index (χ1v) is 14.5. The Morgan fingerprint density at radius 3 is 2.05 bits per heavy atom. The van der Waals surface area contributed by atoms with Crippen LogP contribution in [0, 0.1) is 0 Å². The molecular weight excluding hydrogens is 514 g/mol. The lowest BCUT2D eigenvalue weighted by atomic mass is 9.98. The van der Waals surface area contributed by atoms with Gasteiger partial charge in [-0.2, -0.15) is 0 Å². The van der Waals surface area contributed by atoms with Gasteiger partial charge in [-0.15, -0.1) is 11.3 Å². The van der Waals surface area contributed by atoms with Crippen LogP contribution in [0.2, 0.25) is 0 Å². The van der Waals surface area contributed by atoms with E-state index in [9.17, 15) is 9.59 Å². The van der Waals surface area contributed by atoms with Crippen LogP contribution in [-0.4, -0.2) is 112 Å². The van der Waals surface area contributed by atoms with Gasteiger partial charge in [0.05, 0.1) is 5.01 Å². The quantitative estimate of drug-likeness (QED) is 0.491. The van der Waals surface area contributed by atoms with E-state index in [4.69, 9.17) is 4.98 Å². The molecule has 6 heterocycles. The van der Waals surface area contributed by atoms with Gasteiger partial charge < -0.3 is 24.5 Å². The van der Waals surface area contributed by atoms with Crippen LogP contribution < -0.4 is 9.80 Å². The van der Waals surface area contributed by atoms with E-state index < -0.39 is 0 Å². The number of piperazine rings is 2. The summed E-state index contributed by atoms with van der Waals surface area (Å²) in [5.41, 5.74) is 0.531. The van der Waals surface area contributed by atoms with E-state index in [1.165, 1.54) is 0 Å². The summed E-state index contributed by atoms with van der Waals surface area (Å²) < 4.78 is 0. The van der Waals surface area contributed by atoms with Crippen molar-refractivity contribution in [1.29, 1.82) is 0 Å². The number of carbonyl (C=O) groups excluding carboxylic acids is 2. The highest BCUT2D eigenvalue weighted by Gasteiger charge is 2.31. The fourth-order valence-corrected chi connectivity index (χ4v) is 6.45. The highest BCUT2D eigenvalue weighted by molar-refractivity contribution is 7.09. The van der Waals surface area contributed by atoms with Gasteiger partial charge in [-0.1, -0.05) is 6.07 Å². The molecule has 0 N–H and O–H groups in total. The third-order valence-corrected chi connectivity index (χ3v) is 8.79. The van der Waals surface area contributed by atoms with Crippen molar-refractivity contribution in [3.8, 4) is 0 Å². The Hall–Kier alpha value is -3.80. The molecule has 204 valence electrons. The number of hydrogen-bond acceptors (Lipinski definition) is 9. The third kappa shape index (κ3) is 5.65. The van der Waals surface area contributed by atoms with Gasteiger partial charge in [0.2, 0.25) is 5.95 Å². The van der Waals surface area contributed by atoms with Crippen LogP contribution in [0.5, 0.6) is 0 Å². The summed E-state index contributed by atoms with van der Waals surface area (Å²) in [6.07, 6.45) is 7.03. The van der Waals surface area contributed by atoms with E-state index in [0.29, 0.717) is 50.9 Å². The number of anilines is 2. The molecule has 3 amide bonds. The van der Waals surface area contributed by atoms with Gasteiger partial charge in [-0.3, -0.25) is 4.79 Å². The Kier molecular flexibility index (Phi) is 7.53. The van der Waals surface area contributed by atoms with Crippen molar-refractivity contribution in [3.05, 3.63) is 58.9 Å². The molecule has 3 aromatic heterocycles. The van der Waals surface area contributed by atoms with E-state index in [1.807, 2.05) is 38.3 Å². The summed E-state index contributed by atoms with van der Waals surface area (Å²) in [5.74, 6) is 1.95.